The van der Waals surface area contributed by atoms with Crippen molar-refractivity contribution in [3.05, 3.63) is 0 Å². The van der Waals surface area contributed by atoms with Gasteiger partial charge in [-0.2, -0.15) is 0 Å². The van der Waals surface area contributed by atoms with Crippen LogP contribution in [0.3, 0.4) is 0 Å². The minimum absolute atomic E-state index is 0.0832. The van der Waals surface area contributed by atoms with Gasteiger partial charge in [0.05, 0.1) is 25.9 Å². The maximum Gasteiger partial charge on any atom is 0.539 e. The van der Waals surface area contributed by atoms with Crippen molar-refractivity contribution < 1.29 is 25.9 Å². The van der Waals surface area contributed by atoms with Gasteiger partial charge in [-0.3, -0.25) is 12.5 Å². The first-order valence-corrected chi connectivity index (χ1v) is 15.9. The molecule has 0 saturated carbocycles. The van der Waals surface area contributed by atoms with E-state index in [1.807, 2.05) is 0 Å². The lowest BCUT2D eigenvalue weighted by atomic mass is 10.5. The van der Waals surface area contributed by atoms with Crippen molar-refractivity contribution in [1.29, 1.82) is 0 Å². The van der Waals surface area contributed by atoms with Crippen LogP contribution in [-0.4, -0.2) is 25.9 Å². The van der Waals surface area contributed by atoms with Crippen LogP contribution in [-0.2, 0) is 25.9 Å². The summed E-state index contributed by atoms with van der Waals surface area (Å²) in [5.41, 5.74) is 0. The zero-order valence-corrected chi connectivity index (χ0v) is 18.0. The van der Waals surface area contributed by atoms with E-state index in [9.17, 15) is 9.13 Å². The zero-order valence-electron chi connectivity index (χ0n) is 12.8. The summed E-state index contributed by atoms with van der Waals surface area (Å²) in [5, 5.41) is 0. The molecule has 6 nitrogen and oxygen atoms in total. The molecule has 21 heavy (non-hydrogen) atoms. The van der Waals surface area contributed by atoms with E-state index in [-0.39, 0.29) is 19.8 Å². The Morgan fingerprint density at radius 2 is 1.38 bits per heavy atom. The first-order chi connectivity index (χ1) is 9.58. The van der Waals surface area contributed by atoms with Crippen LogP contribution in [0.25, 0.3) is 0 Å². The van der Waals surface area contributed by atoms with Crippen LogP contribution in [0.4, 0.5) is 0 Å². The fourth-order valence-corrected chi connectivity index (χ4v) is 27.4. The SMILES string of the molecule is CCOS(OCC)(OCC)(OC(C)C)(S[P+](=O)S)[P+](=O)S. The van der Waals surface area contributed by atoms with Crippen LogP contribution in [0.5, 0.6) is 0 Å². The molecule has 0 aromatic heterocycles. The van der Waals surface area contributed by atoms with Crippen LogP contribution in [0.15, 0.2) is 0 Å². The summed E-state index contributed by atoms with van der Waals surface area (Å²) in [4.78, 5) is 0. The molecule has 128 valence electrons. The van der Waals surface area contributed by atoms with Crippen molar-refractivity contribution >= 4 is 55.4 Å². The maximum absolute atomic E-state index is 12.7. The molecule has 0 N–H and O–H groups in total. The fraction of sp³-hybridized carbons (Fsp3) is 1.00. The molecule has 2 atom stereocenters. The van der Waals surface area contributed by atoms with E-state index >= 15 is 0 Å². The fourth-order valence-electron chi connectivity index (χ4n) is 1.74. The van der Waals surface area contributed by atoms with E-state index in [0.717, 1.165) is 0 Å². The third-order valence-electron chi connectivity index (χ3n) is 2.02. The normalized spacial score (nSPS) is 17.3. The van der Waals surface area contributed by atoms with Gasteiger partial charge in [0.25, 0.3) is 8.07 Å². The van der Waals surface area contributed by atoms with E-state index in [2.05, 4.69) is 24.5 Å². The molecule has 0 aliphatic rings. The van der Waals surface area contributed by atoms with Gasteiger partial charge in [0, 0.05) is 0 Å². The molecule has 0 fully saturated rings. The second-order valence-electron chi connectivity index (χ2n) is 3.97. The highest BCUT2D eigenvalue weighted by atomic mass is 33.7. The lowest BCUT2D eigenvalue weighted by Crippen LogP contribution is -2.40. The average Bonchev–Trinajstić information content (AvgIpc) is 2.27. The smallest absolute Gasteiger partial charge is 0.251 e. The molecule has 0 amide bonds. The second kappa shape index (κ2) is 8.01. The van der Waals surface area contributed by atoms with Gasteiger partial charge in [0.1, 0.15) is 24.5 Å². The molecule has 0 aromatic rings. The van der Waals surface area contributed by atoms with E-state index in [4.69, 9.17) is 16.7 Å². The van der Waals surface area contributed by atoms with Crippen molar-refractivity contribution in [2.45, 2.75) is 40.7 Å². The summed E-state index contributed by atoms with van der Waals surface area (Å²) in [5.74, 6) is 0. The molecular weight excluding hydrogens is 394 g/mol. The van der Waals surface area contributed by atoms with Crippen LogP contribution in [0.2, 0.25) is 0 Å². The van der Waals surface area contributed by atoms with Crippen molar-refractivity contribution in [3.8, 4) is 0 Å². The number of rotatable bonds is 11. The van der Waals surface area contributed by atoms with Gasteiger partial charge in [-0.15, -0.1) is 0 Å². The van der Waals surface area contributed by atoms with Gasteiger partial charge >= 0.3 is 22.8 Å². The van der Waals surface area contributed by atoms with Gasteiger partial charge in [0.2, 0.25) is 0 Å². The Morgan fingerprint density at radius 1 is 1.00 bits per heavy atom. The van der Waals surface area contributed by atoms with Crippen LogP contribution < -0.4 is 0 Å². The van der Waals surface area contributed by atoms with Gasteiger partial charge in [0.15, 0.2) is 0 Å². The van der Waals surface area contributed by atoms with Crippen LogP contribution >= 0.6 is 55.4 Å². The molecular formula is C9H24O6P2S4+2. The molecule has 0 heterocycles. The van der Waals surface area contributed by atoms with Crippen molar-refractivity contribution in [1.82, 2.24) is 0 Å². The number of hydrogen-bond acceptors (Lipinski definition) is 7. The topological polar surface area (TPSA) is 71.1 Å². The monoisotopic (exact) mass is 418 g/mol. The Morgan fingerprint density at radius 3 is 1.57 bits per heavy atom. The molecule has 0 radical (unpaired) electrons. The predicted octanol–water partition coefficient (Wildman–Crippen LogP) is 5.88. The van der Waals surface area contributed by atoms with Crippen LogP contribution in [0.1, 0.15) is 34.6 Å². The molecule has 0 aromatic carbocycles. The molecule has 0 aliphatic carbocycles. The van der Waals surface area contributed by atoms with E-state index in [1.165, 1.54) is 0 Å². The lowest BCUT2D eigenvalue weighted by molar-refractivity contribution is 0.0651. The first kappa shape index (κ1) is 22.4. The quantitative estimate of drug-likeness (QED) is 0.247. The first-order valence-electron chi connectivity index (χ1n) is 6.34. The summed E-state index contributed by atoms with van der Waals surface area (Å²) in [7, 11) is -4.53. The van der Waals surface area contributed by atoms with Crippen LogP contribution in [0, 0.1) is 0 Å². The molecule has 2 unspecified atom stereocenters. The molecule has 0 spiro atoms. The van der Waals surface area contributed by atoms with Crippen molar-refractivity contribution in [2.24, 2.45) is 0 Å². The maximum atomic E-state index is 12.7. The Kier molecular flexibility index (Phi) is 8.56. The zero-order chi connectivity index (χ0) is 16.8. The summed E-state index contributed by atoms with van der Waals surface area (Å²) in [6.45, 7) is 8.73. The largest absolute Gasteiger partial charge is 0.539 e. The third kappa shape index (κ3) is 4.29. The highest BCUT2D eigenvalue weighted by molar-refractivity contribution is 9.40. The molecule has 0 saturated heterocycles. The molecule has 0 aliphatic heterocycles. The Bertz CT molecular complexity index is 399. The highest BCUT2D eigenvalue weighted by Gasteiger charge is 2.86. The predicted molar refractivity (Wildman–Crippen MR) is 99.5 cm³/mol. The van der Waals surface area contributed by atoms with E-state index in [0.29, 0.717) is 10.4 Å². The minimum Gasteiger partial charge on any atom is -0.251 e. The lowest BCUT2D eigenvalue weighted by Gasteiger charge is -2.60. The Labute approximate surface area is 141 Å². The summed E-state index contributed by atoms with van der Waals surface area (Å²) >= 11 is 7.99. The van der Waals surface area contributed by atoms with E-state index < -0.39 is 26.6 Å². The third-order valence-corrected chi connectivity index (χ3v) is 24.5. The number of thiol groups is 2. The second-order valence-corrected chi connectivity index (χ2v) is 20.9. The van der Waals surface area contributed by atoms with Crippen molar-refractivity contribution in [2.75, 3.05) is 19.8 Å². The van der Waals surface area contributed by atoms with Crippen molar-refractivity contribution in [3.63, 3.8) is 0 Å². The van der Waals surface area contributed by atoms with Gasteiger partial charge in [-0.25, -0.2) is 4.18 Å². The molecule has 0 rings (SSSR count). The summed E-state index contributed by atoms with van der Waals surface area (Å²) < 4.78 is 47.9. The summed E-state index contributed by atoms with van der Waals surface area (Å²) in [6, 6.07) is 0. The molecule has 12 heteroatoms. The number of hydrogen-bond donors (Lipinski definition) is 2. The van der Waals surface area contributed by atoms with Gasteiger partial charge in [-0.1, -0.05) is 0 Å². The minimum atomic E-state index is -5.12. The Balaban J connectivity index is 6.64. The molecule has 0 bridgehead atoms. The highest BCUT2D eigenvalue weighted by Crippen LogP contribution is 3.15. The van der Waals surface area contributed by atoms with E-state index in [1.54, 1.807) is 34.6 Å². The van der Waals surface area contributed by atoms with Gasteiger partial charge < -0.3 is 0 Å². The average molecular weight is 419 g/mol. The summed E-state index contributed by atoms with van der Waals surface area (Å²) in [6.07, 6.45) is -5.26. The Hall–Kier alpha value is 1.44. The standard InChI is InChI=1S/C9H22O6P2S4/c1-6-12-21(13-7-2,14-8-3,17(11)19,15-9(4)5)20-16(10)18/h9H,6-8H2,1-5H3/p+2. The van der Waals surface area contributed by atoms with Gasteiger partial charge in [-0.05, 0) is 43.7 Å².